The van der Waals surface area contributed by atoms with Crippen LogP contribution in [0.5, 0.6) is 0 Å². The molecule has 1 amide bonds. The van der Waals surface area contributed by atoms with Gasteiger partial charge in [0.2, 0.25) is 0 Å². The molecule has 0 atom stereocenters. The number of ether oxygens (including phenoxy) is 1. The first-order valence-electron chi connectivity index (χ1n) is 6.48. The molecule has 0 heterocycles. The molecule has 22 heavy (non-hydrogen) atoms. The minimum Gasteiger partial charge on any atom is -0.478 e. The number of aryl methyl sites for hydroxylation is 1. The van der Waals surface area contributed by atoms with E-state index in [2.05, 4.69) is 21.2 Å². The first kappa shape index (κ1) is 16.0. The second kappa shape index (κ2) is 7.09. The summed E-state index contributed by atoms with van der Waals surface area (Å²) < 4.78 is 5.52. The Morgan fingerprint density at radius 3 is 2.55 bits per heavy atom. The minimum absolute atomic E-state index is 0.140. The van der Waals surface area contributed by atoms with Crippen molar-refractivity contribution in [2.75, 3.05) is 5.32 Å². The summed E-state index contributed by atoms with van der Waals surface area (Å²) in [5.41, 5.74) is 2.16. The van der Waals surface area contributed by atoms with Crippen molar-refractivity contribution >= 4 is 33.7 Å². The number of amides is 1. The second-order valence-electron chi connectivity index (χ2n) is 4.64. The van der Waals surface area contributed by atoms with Crippen molar-refractivity contribution in [1.29, 1.82) is 0 Å². The summed E-state index contributed by atoms with van der Waals surface area (Å²) in [7, 11) is 0. The van der Waals surface area contributed by atoms with E-state index in [0.29, 0.717) is 15.7 Å². The third kappa shape index (κ3) is 4.08. The fourth-order valence-electron chi connectivity index (χ4n) is 1.85. The van der Waals surface area contributed by atoms with Crippen LogP contribution in [0.2, 0.25) is 0 Å². The highest BCUT2D eigenvalue weighted by Crippen LogP contribution is 2.25. The van der Waals surface area contributed by atoms with E-state index >= 15 is 0 Å². The van der Waals surface area contributed by atoms with Crippen molar-refractivity contribution in [3.8, 4) is 0 Å². The predicted molar refractivity (Wildman–Crippen MR) is 86.1 cm³/mol. The van der Waals surface area contributed by atoms with Crippen LogP contribution >= 0.6 is 15.9 Å². The summed E-state index contributed by atoms with van der Waals surface area (Å²) in [5.74, 6) is -1.03. The first-order chi connectivity index (χ1) is 10.5. The van der Waals surface area contributed by atoms with Crippen molar-refractivity contribution in [2.45, 2.75) is 13.5 Å². The van der Waals surface area contributed by atoms with E-state index in [9.17, 15) is 9.59 Å². The molecule has 114 valence electrons. The summed E-state index contributed by atoms with van der Waals surface area (Å²) in [6, 6.07) is 12.4. The quantitative estimate of drug-likeness (QED) is 0.853. The lowest BCUT2D eigenvalue weighted by atomic mass is 10.1. The molecule has 0 unspecified atom stereocenters. The van der Waals surface area contributed by atoms with Gasteiger partial charge in [0.15, 0.2) is 0 Å². The van der Waals surface area contributed by atoms with Crippen LogP contribution in [-0.2, 0) is 11.3 Å². The van der Waals surface area contributed by atoms with Gasteiger partial charge < -0.3 is 9.84 Å². The number of nitrogens with one attached hydrogen (secondary N) is 1. The molecule has 5 nitrogen and oxygen atoms in total. The van der Waals surface area contributed by atoms with Gasteiger partial charge in [0.05, 0.1) is 5.56 Å². The minimum atomic E-state index is -1.03. The maximum Gasteiger partial charge on any atom is 0.411 e. The number of benzene rings is 2. The Labute approximate surface area is 136 Å². The van der Waals surface area contributed by atoms with Crippen LogP contribution in [0.15, 0.2) is 46.9 Å². The summed E-state index contributed by atoms with van der Waals surface area (Å²) >= 11 is 3.17. The molecule has 0 saturated heterocycles. The van der Waals surface area contributed by atoms with Crippen LogP contribution < -0.4 is 5.32 Å². The van der Waals surface area contributed by atoms with Crippen LogP contribution in [-0.4, -0.2) is 17.2 Å². The number of rotatable bonds is 4. The van der Waals surface area contributed by atoms with E-state index in [1.807, 2.05) is 30.3 Å². The molecule has 2 aromatic rings. The molecule has 0 aromatic heterocycles. The Bertz CT molecular complexity index is 701. The number of halogens is 1. The predicted octanol–water partition coefficient (Wildman–Crippen LogP) is 4.20. The Kier molecular flexibility index (Phi) is 5.16. The summed E-state index contributed by atoms with van der Waals surface area (Å²) in [6.45, 7) is 1.88. The fraction of sp³-hybridized carbons (Fsp3) is 0.125. The number of aromatic carboxylic acids is 1. The monoisotopic (exact) mass is 363 g/mol. The lowest BCUT2D eigenvalue weighted by Gasteiger charge is -2.11. The van der Waals surface area contributed by atoms with Crippen molar-refractivity contribution in [3.05, 3.63) is 63.6 Å². The molecular formula is C16H14BrNO4. The zero-order valence-electron chi connectivity index (χ0n) is 11.8. The molecule has 0 aliphatic rings. The van der Waals surface area contributed by atoms with E-state index in [4.69, 9.17) is 9.84 Å². The molecule has 2 rings (SSSR count). The van der Waals surface area contributed by atoms with Gasteiger partial charge in [-0.05, 0) is 46.1 Å². The Balaban J connectivity index is 2.02. The van der Waals surface area contributed by atoms with Gasteiger partial charge in [-0.3, -0.25) is 5.32 Å². The molecule has 0 aliphatic carbocycles. The number of carbonyl (C=O) groups excluding carboxylic acids is 1. The van der Waals surface area contributed by atoms with Crippen molar-refractivity contribution in [1.82, 2.24) is 0 Å². The highest BCUT2D eigenvalue weighted by atomic mass is 79.9. The normalized spacial score (nSPS) is 10.1. The van der Waals surface area contributed by atoms with Crippen molar-refractivity contribution < 1.29 is 19.4 Å². The lowest BCUT2D eigenvalue weighted by Crippen LogP contribution is -2.14. The molecule has 0 aliphatic heterocycles. The van der Waals surface area contributed by atoms with Gasteiger partial charge in [-0.2, -0.15) is 0 Å². The average molecular weight is 364 g/mol. The van der Waals surface area contributed by atoms with Gasteiger partial charge in [0.1, 0.15) is 6.61 Å². The fourth-order valence-corrected chi connectivity index (χ4v) is 2.36. The molecular weight excluding hydrogens is 350 g/mol. The molecule has 6 heteroatoms. The largest absolute Gasteiger partial charge is 0.478 e. The van der Waals surface area contributed by atoms with Crippen LogP contribution in [0.1, 0.15) is 21.5 Å². The third-order valence-corrected chi connectivity index (χ3v) is 3.65. The summed E-state index contributed by atoms with van der Waals surface area (Å²) in [4.78, 5) is 22.8. The number of carboxylic acids is 1. The average Bonchev–Trinajstić information content (AvgIpc) is 2.49. The number of carboxylic acid groups (broad SMARTS) is 1. The second-order valence-corrected chi connectivity index (χ2v) is 5.49. The summed E-state index contributed by atoms with van der Waals surface area (Å²) in [6.07, 6.45) is -0.595. The molecule has 2 N–H and O–H groups in total. The highest BCUT2D eigenvalue weighted by molar-refractivity contribution is 9.10. The third-order valence-electron chi connectivity index (χ3n) is 2.99. The van der Waals surface area contributed by atoms with E-state index in [1.54, 1.807) is 13.0 Å². The van der Waals surface area contributed by atoms with Crippen LogP contribution in [0.4, 0.5) is 10.5 Å². The number of carbonyl (C=O) groups is 2. The number of anilines is 1. The van der Waals surface area contributed by atoms with E-state index in [0.717, 1.165) is 5.56 Å². The van der Waals surface area contributed by atoms with Gasteiger partial charge >= 0.3 is 12.1 Å². The standard InChI is InChI=1S/C16H14BrNO4/c1-10-7-12(15(19)20)13(17)8-14(10)18-16(21)22-9-11-5-3-2-4-6-11/h2-8H,9H2,1H3,(H,18,21)(H,19,20). The molecule has 0 bridgehead atoms. The zero-order valence-corrected chi connectivity index (χ0v) is 13.4. The van der Waals surface area contributed by atoms with E-state index in [-0.39, 0.29) is 12.2 Å². The van der Waals surface area contributed by atoms with Gasteiger partial charge in [0, 0.05) is 10.2 Å². The maximum atomic E-state index is 11.8. The van der Waals surface area contributed by atoms with Crippen molar-refractivity contribution in [3.63, 3.8) is 0 Å². The first-order valence-corrected chi connectivity index (χ1v) is 7.28. The molecule has 0 fully saturated rings. The molecule has 2 aromatic carbocycles. The highest BCUT2D eigenvalue weighted by Gasteiger charge is 2.13. The van der Waals surface area contributed by atoms with Gasteiger partial charge in [0.25, 0.3) is 0 Å². The topological polar surface area (TPSA) is 75.6 Å². The SMILES string of the molecule is Cc1cc(C(=O)O)c(Br)cc1NC(=O)OCc1ccccc1. The maximum absolute atomic E-state index is 11.8. The molecule has 0 saturated carbocycles. The van der Waals surface area contributed by atoms with Crippen LogP contribution in [0, 0.1) is 6.92 Å². The van der Waals surface area contributed by atoms with Crippen LogP contribution in [0.25, 0.3) is 0 Å². The molecule has 0 spiro atoms. The van der Waals surface area contributed by atoms with Gasteiger partial charge in [-0.25, -0.2) is 9.59 Å². The number of hydrogen-bond acceptors (Lipinski definition) is 3. The van der Waals surface area contributed by atoms with Crippen LogP contribution in [0.3, 0.4) is 0 Å². The zero-order chi connectivity index (χ0) is 16.1. The Hall–Kier alpha value is -2.34. The molecule has 0 radical (unpaired) electrons. The lowest BCUT2D eigenvalue weighted by molar-refractivity contribution is 0.0696. The summed E-state index contributed by atoms with van der Waals surface area (Å²) in [5, 5.41) is 11.6. The van der Waals surface area contributed by atoms with Crippen molar-refractivity contribution in [2.24, 2.45) is 0 Å². The Morgan fingerprint density at radius 1 is 1.23 bits per heavy atom. The Morgan fingerprint density at radius 2 is 1.91 bits per heavy atom. The van der Waals surface area contributed by atoms with Gasteiger partial charge in [-0.1, -0.05) is 30.3 Å². The van der Waals surface area contributed by atoms with Gasteiger partial charge in [-0.15, -0.1) is 0 Å². The van der Waals surface area contributed by atoms with E-state index in [1.165, 1.54) is 6.07 Å². The number of hydrogen-bond donors (Lipinski definition) is 2. The smallest absolute Gasteiger partial charge is 0.411 e. The van der Waals surface area contributed by atoms with E-state index < -0.39 is 12.1 Å².